The molecule has 0 spiro atoms. The summed E-state index contributed by atoms with van der Waals surface area (Å²) in [6.07, 6.45) is 1.88. The highest BCUT2D eigenvalue weighted by molar-refractivity contribution is 5.81. The molecule has 3 rings (SSSR count). The zero-order valence-corrected chi connectivity index (χ0v) is 15.5. The molecule has 1 aromatic heterocycles. The summed E-state index contributed by atoms with van der Waals surface area (Å²) in [5.74, 6) is 1.57. The Labute approximate surface area is 149 Å². The molecule has 1 atom stereocenters. The summed E-state index contributed by atoms with van der Waals surface area (Å²) in [6, 6.07) is 10.4. The van der Waals surface area contributed by atoms with Gasteiger partial charge in [-0.25, -0.2) is 9.98 Å². The lowest BCUT2D eigenvalue weighted by atomic mass is 10.1. The van der Waals surface area contributed by atoms with Gasteiger partial charge in [0.2, 0.25) is 5.79 Å². The molecule has 2 aromatic rings. The van der Waals surface area contributed by atoms with E-state index in [0.717, 1.165) is 30.4 Å². The Morgan fingerprint density at radius 2 is 1.92 bits per heavy atom. The molecule has 1 aliphatic rings. The van der Waals surface area contributed by atoms with Crippen molar-refractivity contribution in [1.82, 2.24) is 20.6 Å². The summed E-state index contributed by atoms with van der Waals surface area (Å²) in [6.45, 7) is 10.8. The monoisotopic (exact) mass is 340 g/mol. The number of hydrogen-bond acceptors (Lipinski definition) is 5. The van der Waals surface area contributed by atoms with E-state index in [4.69, 9.17) is 9.98 Å². The van der Waals surface area contributed by atoms with E-state index in [1.807, 2.05) is 12.4 Å². The van der Waals surface area contributed by atoms with Crippen LogP contribution < -0.4 is 15.5 Å². The minimum atomic E-state index is -0.689. The molecule has 0 aliphatic carbocycles. The maximum absolute atomic E-state index is 4.84. The largest absolute Gasteiger partial charge is 0.339 e. The Morgan fingerprint density at radius 3 is 2.56 bits per heavy atom. The molecule has 0 fully saturated rings. The maximum Gasteiger partial charge on any atom is 0.212 e. The summed E-state index contributed by atoms with van der Waals surface area (Å²) >= 11 is 0. The van der Waals surface area contributed by atoms with Crippen molar-refractivity contribution in [2.45, 2.75) is 45.9 Å². The molecule has 6 heteroatoms. The van der Waals surface area contributed by atoms with E-state index in [2.05, 4.69) is 72.5 Å². The van der Waals surface area contributed by atoms with Crippen LogP contribution in [0.1, 0.15) is 50.7 Å². The Morgan fingerprint density at radius 1 is 1.16 bits per heavy atom. The molecule has 1 aliphatic heterocycles. The molecule has 1 aromatic carbocycles. The molecular weight excluding hydrogens is 312 g/mol. The fourth-order valence-corrected chi connectivity index (χ4v) is 3.03. The number of benzene rings is 1. The third-order valence-electron chi connectivity index (χ3n) is 4.44. The van der Waals surface area contributed by atoms with Crippen LogP contribution in [0.4, 0.5) is 5.82 Å². The Bertz CT molecular complexity index is 721. The van der Waals surface area contributed by atoms with Gasteiger partial charge in [-0.05, 0) is 19.0 Å². The predicted molar refractivity (Wildman–Crippen MR) is 103 cm³/mol. The van der Waals surface area contributed by atoms with Gasteiger partial charge in [-0.15, -0.1) is 0 Å². The first kappa shape index (κ1) is 17.6. The zero-order valence-electron chi connectivity index (χ0n) is 15.5. The summed E-state index contributed by atoms with van der Waals surface area (Å²) in [5, 5.41) is 7.11. The zero-order chi connectivity index (χ0) is 17.9. The quantitative estimate of drug-likeness (QED) is 0.678. The number of fused-ring (bicyclic) bond motifs is 1. The standard InChI is InChI=1S/C19H28N6/c1-5-20-19(21-12-15-10-8-7-9-11-15)16-18(25(6-2)13-22-19)24-17(23-16)14(3)4/h7-11,13-14,20-21H,5-6,12H2,1-4H3,(H,23,24). The van der Waals surface area contributed by atoms with Crippen molar-refractivity contribution in [2.24, 2.45) is 4.99 Å². The van der Waals surface area contributed by atoms with Crippen LogP contribution in [0, 0.1) is 0 Å². The highest BCUT2D eigenvalue weighted by atomic mass is 15.4. The van der Waals surface area contributed by atoms with Gasteiger partial charge < -0.3 is 9.88 Å². The van der Waals surface area contributed by atoms with E-state index in [0.29, 0.717) is 12.5 Å². The first-order chi connectivity index (χ1) is 12.1. The van der Waals surface area contributed by atoms with E-state index < -0.39 is 5.79 Å². The van der Waals surface area contributed by atoms with Crippen molar-refractivity contribution in [3.05, 3.63) is 47.4 Å². The van der Waals surface area contributed by atoms with E-state index in [1.165, 1.54) is 5.56 Å². The molecule has 2 heterocycles. The van der Waals surface area contributed by atoms with E-state index in [9.17, 15) is 0 Å². The molecule has 1 unspecified atom stereocenters. The van der Waals surface area contributed by atoms with Crippen LogP contribution in [-0.2, 0) is 12.3 Å². The molecule has 0 saturated heterocycles. The van der Waals surface area contributed by atoms with Crippen molar-refractivity contribution in [3.63, 3.8) is 0 Å². The maximum atomic E-state index is 4.84. The van der Waals surface area contributed by atoms with E-state index in [1.54, 1.807) is 0 Å². The first-order valence-electron chi connectivity index (χ1n) is 9.06. The number of nitrogens with one attached hydrogen (secondary N) is 3. The van der Waals surface area contributed by atoms with Crippen LogP contribution in [-0.4, -0.2) is 29.4 Å². The van der Waals surface area contributed by atoms with E-state index in [-0.39, 0.29) is 0 Å². The number of anilines is 1. The van der Waals surface area contributed by atoms with Gasteiger partial charge in [-0.2, -0.15) is 0 Å². The molecule has 0 amide bonds. The normalized spacial score (nSPS) is 19.5. The van der Waals surface area contributed by atoms with Gasteiger partial charge in [0.15, 0.2) is 5.82 Å². The van der Waals surface area contributed by atoms with Gasteiger partial charge in [0.1, 0.15) is 11.5 Å². The fraction of sp³-hybridized carbons (Fsp3) is 0.474. The number of aromatic nitrogens is 2. The van der Waals surface area contributed by atoms with Crippen LogP contribution in [0.5, 0.6) is 0 Å². The summed E-state index contributed by atoms with van der Waals surface area (Å²) in [5.41, 5.74) is 2.20. The van der Waals surface area contributed by atoms with Crippen molar-refractivity contribution in [3.8, 4) is 0 Å². The van der Waals surface area contributed by atoms with Crippen LogP contribution in [0.2, 0.25) is 0 Å². The highest BCUT2D eigenvalue weighted by Crippen LogP contribution is 2.33. The molecule has 25 heavy (non-hydrogen) atoms. The second-order valence-corrected chi connectivity index (χ2v) is 6.59. The lowest BCUT2D eigenvalue weighted by Crippen LogP contribution is -2.55. The second-order valence-electron chi connectivity index (χ2n) is 6.59. The third kappa shape index (κ3) is 3.45. The van der Waals surface area contributed by atoms with E-state index >= 15 is 0 Å². The summed E-state index contributed by atoms with van der Waals surface area (Å²) in [4.78, 5) is 15.3. The number of aromatic amines is 1. The van der Waals surface area contributed by atoms with Gasteiger partial charge in [0.25, 0.3) is 0 Å². The Kier molecular flexibility index (Phi) is 5.20. The fourth-order valence-electron chi connectivity index (χ4n) is 3.03. The predicted octanol–water partition coefficient (Wildman–Crippen LogP) is 2.91. The molecule has 6 nitrogen and oxygen atoms in total. The minimum Gasteiger partial charge on any atom is -0.339 e. The van der Waals surface area contributed by atoms with Gasteiger partial charge in [0, 0.05) is 19.0 Å². The third-order valence-corrected chi connectivity index (χ3v) is 4.44. The van der Waals surface area contributed by atoms with Crippen molar-refractivity contribution in [2.75, 3.05) is 18.0 Å². The molecular formula is C19H28N6. The number of rotatable bonds is 7. The van der Waals surface area contributed by atoms with Crippen molar-refractivity contribution < 1.29 is 0 Å². The average molecular weight is 340 g/mol. The molecule has 134 valence electrons. The second kappa shape index (κ2) is 7.37. The molecule has 0 bridgehead atoms. The highest BCUT2D eigenvalue weighted by Gasteiger charge is 2.39. The van der Waals surface area contributed by atoms with Gasteiger partial charge in [-0.1, -0.05) is 51.1 Å². The van der Waals surface area contributed by atoms with Crippen LogP contribution in [0.15, 0.2) is 35.3 Å². The van der Waals surface area contributed by atoms with Crippen molar-refractivity contribution >= 4 is 12.2 Å². The minimum absolute atomic E-state index is 0.331. The SMILES string of the molecule is CCNC1(NCc2ccccc2)N=CN(CC)c2nc(C(C)C)[nH]c21. The lowest BCUT2D eigenvalue weighted by Gasteiger charge is -2.36. The Hall–Kier alpha value is -2.18. The number of imidazole rings is 1. The van der Waals surface area contributed by atoms with Crippen LogP contribution >= 0.6 is 0 Å². The number of aliphatic imine (C=N–C) groups is 1. The summed E-state index contributed by atoms with van der Waals surface area (Å²) in [7, 11) is 0. The number of H-pyrrole nitrogens is 1. The van der Waals surface area contributed by atoms with Gasteiger partial charge in [-0.3, -0.25) is 10.6 Å². The van der Waals surface area contributed by atoms with Gasteiger partial charge in [0.05, 0.1) is 6.34 Å². The van der Waals surface area contributed by atoms with Crippen LogP contribution in [0.3, 0.4) is 0 Å². The lowest BCUT2D eigenvalue weighted by molar-refractivity contribution is 0.266. The van der Waals surface area contributed by atoms with Gasteiger partial charge >= 0.3 is 0 Å². The topological polar surface area (TPSA) is 68.3 Å². The number of hydrogen-bond donors (Lipinski definition) is 3. The Balaban J connectivity index is 1.97. The molecule has 0 saturated carbocycles. The molecule has 3 N–H and O–H groups in total. The smallest absolute Gasteiger partial charge is 0.212 e. The van der Waals surface area contributed by atoms with Crippen molar-refractivity contribution in [1.29, 1.82) is 0 Å². The summed E-state index contributed by atoms with van der Waals surface area (Å²) < 4.78 is 0. The number of nitrogens with zero attached hydrogens (tertiary/aromatic N) is 3. The average Bonchev–Trinajstić information content (AvgIpc) is 3.08. The molecule has 0 radical (unpaired) electrons. The van der Waals surface area contributed by atoms with Crippen LogP contribution in [0.25, 0.3) is 0 Å². The first-order valence-corrected chi connectivity index (χ1v) is 9.06.